The van der Waals surface area contributed by atoms with Crippen molar-refractivity contribution in [3.05, 3.63) is 29.3 Å². The Morgan fingerprint density at radius 1 is 1.35 bits per heavy atom. The van der Waals surface area contributed by atoms with Gasteiger partial charge in [0, 0.05) is 6.54 Å². The van der Waals surface area contributed by atoms with Crippen LogP contribution in [0.25, 0.3) is 0 Å². The van der Waals surface area contributed by atoms with E-state index in [1.54, 1.807) is 19.0 Å². The van der Waals surface area contributed by atoms with Crippen molar-refractivity contribution in [2.45, 2.75) is 12.7 Å². The minimum absolute atomic E-state index is 0.0534. The highest BCUT2D eigenvalue weighted by Crippen LogP contribution is 2.34. The topological polar surface area (TPSA) is 32.7 Å². The first-order valence-electron chi connectivity index (χ1n) is 4.82. The molecule has 0 saturated carbocycles. The normalized spacial score (nSPS) is 11.7. The molecule has 0 bridgehead atoms. The zero-order chi connectivity index (χ0) is 13.1. The third-order valence-corrected chi connectivity index (χ3v) is 2.06. The molecule has 0 saturated heterocycles. The van der Waals surface area contributed by atoms with Gasteiger partial charge in [0.15, 0.2) is 0 Å². The second kappa shape index (κ2) is 5.42. The van der Waals surface area contributed by atoms with Crippen LogP contribution in [0, 0.1) is 0 Å². The molecule has 0 heterocycles. The Balaban J connectivity index is 3.12. The van der Waals surface area contributed by atoms with Crippen LogP contribution < -0.4 is 4.65 Å². The summed E-state index contributed by atoms with van der Waals surface area (Å²) in [6, 6.07) is 3.58. The number of hydrogen-bond acceptors (Lipinski definition) is 3. The average Bonchev–Trinajstić information content (AvgIpc) is 2.18. The van der Waals surface area contributed by atoms with Crippen LogP contribution in [0.1, 0.15) is 11.1 Å². The third-order valence-electron chi connectivity index (χ3n) is 2.06. The van der Waals surface area contributed by atoms with Crippen LogP contribution in [0.3, 0.4) is 0 Å². The molecule has 0 amide bonds. The van der Waals surface area contributed by atoms with E-state index in [0.29, 0.717) is 7.69 Å². The van der Waals surface area contributed by atoms with Crippen LogP contribution in [0.4, 0.5) is 13.2 Å². The van der Waals surface area contributed by atoms with Gasteiger partial charge in [-0.1, -0.05) is 6.07 Å². The summed E-state index contributed by atoms with van der Waals surface area (Å²) in [6.45, 7) is 0.179. The number of hydrogen-bond donors (Lipinski definition) is 1. The molecule has 0 aliphatic carbocycles. The molecule has 0 aromatic heterocycles. The van der Waals surface area contributed by atoms with Crippen LogP contribution in [-0.2, 0) is 12.7 Å². The lowest BCUT2D eigenvalue weighted by Gasteiger charge is -2.17. The highest BCUT2D eigenvalue weighted by Gasteiger charge is 2.33. The van der Waals surface area contributed by atoms with E-state index in [1.807, 2.05) is 0 Å². The van der Waals surface area contributed by atoms with Crippen LogP contribution >= 0.6 is 0 Å². The zero-order valence-corrected chi connectivity index (χ0v) is 9.45. The SMILES string of the molecule is CN(C)Cc1ccc(O[B]O)cc1C(F)(F)F. The van der Waals surface area contributed by atoms with E-state index in [9.17, 15) is 13.2 Å². The van der Waals surface area contributed by atoms with Gasteiger partial charge in [-0.2, -0.15) is 13.2 Å². The van der Waals surface area contributed by atoms with Crippen molar-refractivity contribution in [3.8, 4) is 5.75 Å². The Morgan fingerprint density at radius 3 is 2.47 bits per heavy atom. The first kappa shape index (κ1) is 13.9. The number of benzene rings is 1. The maximum absolute atomic E-state index is 12.8. The van der Waals surface area contributed by atoms with Gasteiger partial charge in [-0.05, 0) is 31.8 Å². The van der Waals surface area contributed by atoms with Crippen LogP contribution in [0.15, 0.2) is 18.2 Å². The monoisotopic (exact) mass is 246 g/mol. The second-order valence-electron chi connectivity index (χ2n) is 3.78. The third kappa shape index (κ3) is 3.94. The fourth-order valence-corrected chi connectivity index (χ4v) is 1.43. The number of rotatable bonds is 4. The number of nitrogens with zero attached hydrogens (tertiary/aromatic N) is 1. The fourth-order valence-electron chi connectivity index (χ4n) is 1.43. The predicted octanol–water partition coefficient (Wildman–Crippen LogP) is 1.67. The molecule has 1 aromatic carbocycles. The minimum Gasteiger partial charge on any atom is -0.537 e. The first-order chi connectivity index (χ1) is 7.84. The first-order valence-corrected chi connectivity index (χ1v) is 4.82. The quantitative estimate of drug-likeness (QED) is 0.820. The fraction of sp³-hybridized carbons (Fsp3) is 0.400. The summed E-state index contributed by atoms with van der Waals surface area (Å²) in [5.74, 6) is -0.0534. The Bertz CT molecular complexity index is 382. The van der Waals surface area contributed by atoms with Crippen molar-refractivity contribution >= 4 is 7.69 Å². The summed E-state index contributed by atoms with van der Waals surface area (Å²) in [6.07, 6.45) is -4.44. The molecule has 17 heavy (non-hydrogen) atoms. The molecule has 0 fully saturated rings. The Hall–Kier alpha value is -1.21. The van der Waals surface area contributed by atoms with Crippen LogP contribution in [0.2, 0.25) is 0 Å². The van der Waals surface area contributed by atoms with E-state index >= 15 is 0 Å². The molecule has 1 rings (SSSR count). The lowest BCUT2D eigenvalue weighted by molar-refractivity contribution is -0.138. The van der Waals surface area contributed by atoms with Crippen molar-refractivity contribution in [2.24, 2.45) is 0 Å². The van der Waals surface area contributed by atoms with Gasteiger partial charge in [0.05, 0.1) is 5.56 Å². The van der Waals surface area contributed by atoms with Gasteiger partial charge in [-0.3, -0.25) is 0 Å². The van der Waals surface area contributed by atoms with Crippen molar-refractivity contribution in [1.29, 1.82) is 0 Å². The van der Waals surface area contributed by atoms with Gasteiger partial charge >= 0.3 is 13.9 Å². The van der Waals surface area contributed by atoms with Crippen LogP contribution in [0.5, 0.6) is 5.75 Å². The highest BCUT2D eigenvalue weighted by molar-refractivity contribution is 6.17. The molecular formula is C10H12BF3NO2. The van der Waals surface area contributed by atoms with Gasteiger partial charge in [0.25, 0.3) is 0 Å². The Labute approximate surface area is 98.1 Å². The smallest absolute Gasteiger partial charge is 0.537 e. The molecular weight excluding hydrogens is 234 g/mol. The lowest BCUT2D eigenvalue weighted by atomic mass is 10.1. The van der Waals surface area contributed by atoms with E-state index in [-0.39, 0.29) is 17.9 Å². The Kier molecular flexibility index (Phi) is 4.42. The van der Waals surface area contributed by atoms with Crippen LogP contribution in [-0.4, -0.2) is 31.7 Å². The summed E-state index contributed by atoms with van der Waals surface area (Å²) in [7, 11) is 3.72. The number of alkyl halides is 3. The largest absolute Gasteiger partial charge is 0.569 e. The van der Waals surface area contributed by atoms with E-state index in [0.717, 1.165) is 6.07 Å². The summed E-state index contributed by atoms with van der Waals surface area (Å²) >= 11 is 0. The molecule has 0 aliphatic heterocycles. The molecule has 3 nitrogen and oxygen atoms in total. The molecule has 1 radical (unpaired) electrons. The predicted molar refractivity (Wildman–Crippen MR) is 57.4 cm³/mol. The molecule has 0 aliphatic rings. The van der Waals surface area contributed by atoms with Gasteiger partial charge in [-0.25, -0.2) is 0 Å². The molecule has 1 aromatic rings. The van der Waals surface area contributed by atoms with E-state index < -0.39 is 11.7 Å². The van der Waals surface area contributed by atoms with Gasteiger partial charge in [-0.15, -0.1) is 0 Å². The van der Waals surface area contributed by atoms with Gasteiger partial charge in [0.2, 0.25) is 0 Å². The maximum Gasteiger partial charge on any atom is 0.569 e. The Morgan fingerprint density at radius 2 is 2.00 bits per heavy atom. The maximum atomic E-state index is 12.8. The van der Waals surface area contributed by atoms with Gasteiger partial charge in [0.1, 0.15) is 5.75 Å². The summed E-state index contributed by atoms with van der Waals surface area (Å²) in [5.41, 5.74) is -0.599. The molecule has 1 N–H and O–H groups in total. The molecule has 0 unspecified atom stereocenters. The summed E-state index contributed by atoms with van der Waals surface area (Å²) < 4.78 is 42.8. The lowest BCUT2D eigenvalue weighted by Crippen LogP contribution is -2.16. The molecule has 0 atom stereocenters. The average molecular weight is 246 g/mol. The standard InChI is InChI=1S/C10H12BF3NO2/c1-15(2)6-7-3-4-8(17-11-16)5-9(7)10(12,13)14/h3-5,16H,6H2,1-2H3. The van der Waals surface area contributed by atoms with E-state index in [1.165, 1.54) is 12.1 Å². The molecule has 93 valence electrons. The minimum atomic E-state index is -4.44. The van der Waals surface area contributed by atoms with E-state index in [2.05, 4.69) is 4.65 Å². The highest BCUT2D eigenvalue weighted by atomic mass is 19.4. The summed E-state index contributed by atoms with van der Waals surface area (Å²) in [5, 5.41) is 8.39. The zero-order valence-electron chi connectivity index (χ0n) is 9.45. The van der Waals surface area contributed by atoms with Gasteiger partial charge < -0.3 is 14.6 Å². The van der Waals surface area contributed by atoms with Crippen molar-refractivity contribution in [1.82, 2.24) is 4.90 Å². The molecule has 7 heteroatoms. The molecule has 0 spiro atoms. The van der Waals surface area contributed by atoms with Crippen molar-refractivity contribution in [3.63, 3.8) is 0 Å². The second-order valence-corrected chi connectivity index (χ2v) is 3.78. The van der Waals surface area contributed by atoms with E-state index in [4.69, 9.17) is 5.02 Å². The van der Waals surface area contributed by atoms with Crippen molar-refractivity contribution in [2.75, 3.05) is 14.1 Å². The number of halogens is 3. The van der Waals surface area contributed by atoms with Crippen molar-refractivity contribution < 1.29 is 22.8 Å². The summed E-state index contributed by atoms with van der Waals surface area (Å²) in [4.78, 5) is 1.64.